The normalized spacial score (nSPS) is 22.3. The Bertz CT molecular complexity index is 671. The van der Waals surface area contributed by atoms with Crippen LogP contribution in [0.4, 0.5) is 5.69 Å². The van der Waals surface area contributed by atoms with Crippen LogP contribution in [0.5, 0.6) is 0 Å². The van der Waals surface area contributed by atoms with Gasteiger partial charge in [-0.2, -0.15) is 5.10 Å². The van der Waals surface area contributed by atoms with Crippen LogP contribution >= 0.6 is 22.6 Å². The monoisotopic (exact) mass is 400 g/mol. The van der Waals surface area contributed by atoms with Crippen molar-refractivity contribution in [2.75, 3.05) is 18.9 Å². The first-order chi connectivity index (χ1) is 10.2. The van der Waals surface area contributed by atoms with Crippen LogP contribution in [0.25, 0.3) is 10.9 Å². The van der Waals surface area contributed by atoms with Crippen LogP contribution in [0.3, 0.4) is 0 Å². The Morgan fingerprint density at radius 2 is 1.95 bits per heavy atom. The molecule has 21 heavy (non-hydrogen) atoms. The highest BCUT2D eigenvalue weighted by atomic mass is 127. The lowest BCUT2D eigenvalue weighted by atomic mass is 9.90. The molecular formula is C14H17IN4O2. The van der Waals surface area contributed by atoms with Gasteiger partial charge in [-0.1, -0.05) is 0 Å². The molecule has 2 N–H and O–H groups in total. The van der Waals surface area contributed by atoms with Crippen LogP contribution in [-0.2, 0) is 9.47 Å². The van der Waals surface area contributed by atoms with Crippen LogP contribution in [0.1, 0.15) is 31.7 Å². The third-order valence-corrected chi connectivity index (χ3v) is 5.24. The van der Waals surface area contributed by atoms with Crippen molar-refractivity contribution in [1.29, 1.82) is 0 Å². The Morgan fingerprint density at radius 3 is 2.67 bits per heavy atom. The van der Waals surface area contributed by atoms with Crippen molar-refractivity contribution in [3.63, 3.8) is 0 Å². The molecule has 2 aromatic rings. The fourth-order valence-corrected chi connectivity index (χ4v) is 4.23. The van der Waals surface area contributed by atoms with Crippen LogP contribution in [0.15, 0.2) is 12.4 Å². The van der Waals surface area contributed by atoms with Gasteiger partial charge in [0.1, 0.15) is 3.70 Å². The molecule has 7 heteroatoms. The van der Waals surface area contributed by atoms with E-state index in [1.54, 1.807) is 6.20 Å². The lowest BCUT2D eigenvalue weighted by Crippen LogP contribution is -2.36. The summed E-state index contributed by atoms with van der Waals surface area (Å²) in [5.74, 6) is -0.329. The van der Waals surface area contributed by atoms with E-state index in [9.17, 15) is 0 Å². The van der Waals surface area contributed by atoms with E-state index in [2.05, 4.69) is 32.3 Å². The van der Waals surface area contributed by atoms with Gasteiger partial charge in [0.25, 0.3) is 0 Å². The van der Waals surface area contributed by atoms with E-state index < -0.39 is 0 Å². The number of nitrogens with two attached hydrogens (primary N) is 1. The van der Waals surface area contributed by atoms with Crippen LogP contribution in [0, 0.1) is 3.70 Å². The van der Waals surface area contributed by atoms with E-state index in [4.69, 9.17) is 20.3 Å². The van der Waals surface area contributed by atoms with E-state index in [1.165, 1.54) is 0 Å². The summed E-state index contributed by atoms with van der Waals surface area (Å²) in [6, 6.07) is 0.359. The number of hydrogen-bond acceptors (Lipinski definition) is 5. The predicted octanol–water partition coefficient (Wildman–Crippen LogP) is 2.48. The molecule has 2 aliphatic rings. The average molecular weight is 400 g/mol. The minimum absolute atomic E-state index is 0.329. The minimum Gasteiger partial charge on any atom is -0.397 e. The molecule has 0 amide bonds. The first-order valence-corrected chi connectivity index (χ1v) is 8.31. The fraction of sp³-hybridized carbons (Fsp3) is 0.571. The van der Waals surface area contributed by atoms with Gasteiger partial charge >= 0.3 is 0 Å². The average Bonchev–Trinajstić information content (AvgIpc) is 3.07. The maximum atomic E-state index is 6.03. The molecule has 3 heterocycles. The zero-order chi connectivity index (χ0) is 14.4. The summed E-state index contributed by atoms with van der Waals surface area (Å²) in [7, 11) is 0. The van der Waals surface area contributed by atoms with E-state index in [0.29, 0.717) is 24.9 Å². The number of nitrogens with zero attached hydrogens (tertiary/aromatic N) is 3. The highest BCUT2D eigenvalue weighted by Gasteiger charge is 2.41. The molecule has 4 rings (SSSR count). The van der Waals surface area contributed by atoms with Gasteiger partial charge < -0.3 is 15.2 Å². The van der Waals surface area contributed by atoms with Crippen molar-refractivity contribution in [3.05, 3.63) is 16.1 Å². The summed E-state index contributed by atoms with van der Waals surface area (Å²) in [4.78, 5) is 4.21. The number of fused-ring (bicyclic) bond motifs is 1. The molecule has 2 aromatic heterocycles. The highest BCUT2D eigenvalue weighted by Crippen LogP contribution is 2.41. The van der Waals surface area contributed by atoms with E-state index in [-0.39, 0.29) is 5.79 Å². The number of aromatic nitrogens is 3. The van der Waals surface area contributed by atoms with Gasteiger partial charge in [0, 0.05) is 12.8 Å². The molecule has 1 saturated carbocycles. The molecule has 0 bridgehead atoms. The van der Waals surface area contributed by atoms with E-state index in [1.807, 2.05) is 6.20 Å². The number of pyridine rings is 1. The third-order valence-electron chi connectivity index (χ3n) is 4.48. The molecule has 0 atom stereocenters. The predicted molar refractivity (Wildman–Crippen MR) is 86.8 cm³/mol. The molecule has 2 fully saturated rings. The van der Waals surface area contributed by atoms with Crippen LogP contribution in [0.2, 0.25) is 0 Å². The topological polar surface area (TPSA) is 75.2 Å². The first kappa shape index (κ1) is 13.7. The SMILES string of the molecule is Nc1cncc2c1c(I)nn2C1CCC2(CC1)OCCO2. The lowest BCUT2D eigenvalue weighted by Gasteiger charge is -2.35. The number of halogens is 1. The quantitative estimate of drug-likeness (QED) is 0.745. The van der Waals surface area contributed by atoms with Crippen molar-refractivity contribution in [2.45, 2.75) is 37.5 Å². The Kier molecular flexibility index (Phi) is 3.31. The van der Waals surface area contributed by atoms with Gasteiger partial charge in [-0.05, 0) is 35.4 Å². The van der Waals surface area contributed by atoms with E-state index in [0.717, 1.165) is 40.3 Å². The van der Waals surface area contributed by atoms with Gasteiger partial charge in [-0.15, -0.1) is 0 Å². The summed E-state index contributed by atoms with van der Waals surface area (Å²) >= 11 is 2.24. The second kappa shape index (κ2) is 5.06. The number of rotatable bonds is 1. The standard InChI is InChI=1S/C14H17IN4O2/c15-13-12-10(16)7-17-8-11(12)19(18-13)9-1-3-14(4-2-9)20-5-6-21-14/h7-9H,1-6,16H2. The molecule has 0 aromatic carbocycles. The van der Waals surface area contributed by atoms with Gasteiger partial charge in [0.2, 0.25) is 0 Å². The van der Waals surface area contributed by atoms with Gasteiger partial charge in [-0.25, -0.2) is 0 Å². The Balaban J connectivity index is 1.64. The van der Waals surface area contributed by atoms with Crippen molar-refractivity contribution in [3.8, 4) is 0 Å². The first-order valence-electron chi connectivity index (χ1n) is 7.24. The summed E-state index contributed by atoms with van der Waals surface area (Å²) in [6.45, 7) is 1.43. The molecule has 1 saturated heterocycles. The third kappa shape index (κ3) is 2.22. The molecule has 1 spiro atoms. The zero-order valence-corrected chi connectivity index (χ0v) is 13.7. The van der Waals surface area contributed by atoms with Gasteiger partial charge in [0.15, 0.2) is 5.79 Å². The summed E-state index contributed by atoms with van der Waals surface area (Å²) in [5, 5.41) is 5.70. The molecule has 6 nitrogen and oxygen atoms in total. The second-order valence-corrected chi connectivity index (χ2v) is 6.72. The smallest absolute Gasteiger partial charge is 0.168 e. The van der Waals surface area contributed by atoms with E-state index >= 15 is 0 Å². The van der Waals surface area contributed by atoms with Crippen molar-refractivity contribution in [2.24, 2.45) is 0 Å². The zero-order valence-electron chi connectivity index (χ0n) is 11.6. The minimum atomic E-state index is -0.329. The number of hydrogen-bond donors (Lipinski definition) is 1. The van der Waals surface area contributed by atoms with Gasteiger partial charge in [-0.3, -0.25) is 9.67 Å². The van der Waals surface area contributed by atoms with Crippen molar-refractivity contribution in [1.82, 2.24) is 14.8 Å². The molecule has 1 aliphatic carbocycles. The second-order valence-electron chi connectivity index (χ2n) is 5.70. The molecule has 0 unspecified atom stereocenters. The van der Waals surface area contributed by atoms with Crippen molar-refractivity contribution >= 4 is 39.2 Å². The Morgan fingerprint density at radius 1 is 1.24 bits per heavy atom. The largest absolute Gasteiger partial charge is 0.397 e. The summed E-state index contributed by atoms with van der Waals surface area (Å²) in [5.41, 5.74) is 7.75. The number of ether oxygens (including phenoxy) is 2. The Labute approximate surface area is 136 Å². The van der Waals surface area contributed by atoms with Gasteiger partial charge in [0.05, 0.1) is 48.2 Å². The summed E-state index contributed by atoms with van der Waals surface area (Å²) < 4.78 is 14.6. The van der Waals surface area contributed by atoms with Crippen LogP contribution in [-0.4, -0.2) is 33.8 Å². The van der Waals surface area contributed by atoms with Crippen LogP contribution < -0.4 is 5.73 Å². The highest BCUT2D eigenvalue weighted by molar-refractivity contribution is 14.1. The lowest BCUT2D eigenvalue weighted by molar-refractivity contribution is -0.181. The molecule has 1 aliphatic heterocycles. The van der Waals surface area contributed by atoms with Crippen molar-refractivity contribution < 1.29 is 9.47 Å². The summed E-state index contributed by atoms with van der Waals surface area (Å²) in [6.07, 6.45) is 7.39. The number of anilines is 1. The molecule has 112 valence electrons. The molecular weight excluding hydrogens is 383 g/mol. The maximum absolute atomic E-state index is 6.03. The number of nitrogen functional groups attached to an aromatic ring is 1. The fourth-order valence-electron chi connectivity index (χ4n) is 3.41. The maximum Gasteiger partial charge on any atom is 0.168 e. The molecule has 0 radical (unpaired) electrons. The Hall–Kier alpha value is -0.930.